The van der Waals surface area contributed by atoms with E-state index in [1.54, 1.807) is 6.08 Å². The topological polar surface area (TPSA) is 90.7 Å². The smallest absolute Gasteiger partial charge is 0.417 e. The van der Waals surface area contributed by atoms with Crippen LogP contribution in [-0.4, -0.2) is 18.5 Å². The average molecular weight is 361 g/mol. The Bertz CT molecular complexity index is 930. The number of hydrogen-bond donors (Lipinski definition) is 2. The van der Waals surface area contributed by atoms with Crippen LogP contribution >= 0.6 is 0 Å². The number of halogens is 3. The maximum atomic E-state index is 13.4. The van der Waals surface area contributed by atoms with Crippen LogP contribution in [0.15, 0.2) is 53.5 Å². The molecule has 0 saturated carbocycles. The number of nitrogens with two attached hydrogens (primary N) is 2. The number of carbonyl (C=O) groups is 1. The molecule has 0 aliphatic carbocycles. The lowest BCUT2D eigenvalue weighted by Gasteiger charge is -2.22. The normalized spacial score (nSPS) is 13.3. The third kappa shape index (κ3) is 3.39. The molecule has 4 N–H and O–H groups in total. The molecule has 0 aromatic heterocycles. The molecule has 26 heavy (non-hydrogen) atoms. The van der Waals surface area contributed by atoms with Gasteiger partial charge in [0.05, 0.1) is 5.56 Å². The fourth-order valence-electron chi connectivity index (χ4n) is 2.73. The van der Waals surface area contributed by atoms with Crippen molar-refractivity contribution in [2.75, 3.05) is 6.61 Å². The van der Waals surface area contributed by atoms with Gasteiger partial charge < -0.3 is 16.2 Å². The van der Waals surface area contributed by atoms with E-state index in [1.165, 1.54) is 36.4 Å². The van der Waals surface area contributed by atoms with Crippen LogP contribution in [0.2, 0.25) is 0 Å². The van der Waals surface area contributed by atoms with Crippen molar-refractivity contribution in [3.63, 3.8) is 0 Å². The molecule has 0 fully saturated rings. The van der Waals surface area contributed by atoms with Crippen LogP contribution in [0.4, 0.5) is 13.2 Å². The number of benzene rings is 2. The molecule has 1 heterocycles. The molecule has 0 bridgehead atoms. The summed E-state index contributed by atoms with van der Waals surface area (Å²) < 4.78 is 45.6. The number of carbonyl (C=O) groups excluding carboxylic acids is 1. The molecule has 1 amide bonds. The Balaban J connectivity index is 2.13. The van der Waals surface area contributed by atoms with E-state index < -0.39 is 23.6 Å². The van der Waals surface area contributed by atoms with Gasteiger partial charge in [-0.1, -0.05) is 18.2 Å². The predicted molar refractivity (Wildman–Crippen MR) is 90.6 cm³/mol. The number of amides is 1. The number of nitrogens with zero attached hydrogens (tertiary/aromatic N) is 1. The predicted octanol–water partition coefficient (Wildman–Crippen LogP) is 2.94. The van der Waals surface area contributed by atoms with Crippen LogP contribution in [0.3, 0.4) is 0 Å². The highest BCUT2D eigenvalue weighted by molar-refractivity contribution is 6.03. The minimum atomic E-state index is -4.51. The van der Waals surface area contributed by atoms with Gasteiger partial charge in [-0.3, -0.25) is 4.79 Å². The lowest BCUT2D eigenvalue weighted by Crippen LogP contribution is -2.24. The van der Waals surface area contributed by atoms with Gasteiger partial charge in [0.25, 0.3) is 5.91 Å². The molecule has 0 radical (unpaired) electrons. The average Bonchev–Trinajstić information content (AvgIpc) is 2.59. The van der Waals surface area contributed by atoms with E-state index in [9.17, 15) is 18.0 Å². The molecule has 0 unspecified atom stereocenters. The van der Waals surface area contributed by atoms with Gasteiger partial charge in [0.15, 0.2) is 5.96 Å². The van der Waals surface area contributed by atoms with Crippen LogP contribution in [0.5, 0.6) is 5.75 Å². The first kappa shape index (κ1) is 17.5. The summed E-state index contributed by atoms with van der Waals surface area (Å²) in [6.45, 7) is 0.121. The highest BCUT2D eigenvalue weighted by Gasteiger charge is 2.34. The summed E-state index contributed by atoms with van der Waals surface area (Å²) in [5, 5.41) is 0. The van der Waals surface area contributed by atoms with Crippen molar-refractivity contribution in [2.24, 2.45) is 16.5 Å². The second kappa shape index (κ2) is 6.55. The summed E-state index contributed by atoms with van der Waals surface area (Å²) in [7, 11) is 0. The van der Waals surface area contributed by atoms with Crippen molar-refractivity contribution < 1.29 is 22.7 Å². The lowest BCUT2D eigenvalue weighted by molar-refractivity contribution is -0.137. The lowest BCUT2D eigenvalue weighted by atomic mass is 9.90. The molecule has 1 aliphatic heterocycles. The van der Waals surface area contributed by atoms with E-state index in [0.29, 0.717) is 16.9 Å². The third-order valence-corrected chi connectivity index (χ3v) is 3.80. The Labute approximate surface area is 146 Å². The van der Waals surface area contributed by atoms with Gasteiger partial charge >= 0.3 is 6.18 Å². The van der Waals surface area contributed by atoms with Crippen LogP contribution < -0.4 is 16.2 Å². The molecule has 5 nitrogen and oxygen atoms in total. The van der Waals surface area contributed by atoms with Crippen molar-refractivity contribution in [1.29, 1.82) is 0 Å². The minimum absolute atomic E-state index is 0.0102. The quantitative estimate of drug-likeness (QED) is 0.636. The Morgan fingerprint density at radius 2 is 1.81 bits per heavy atom. The summed E-state index contributed by atoms with van der Waals surface area (Å²) in [6, 6.07) is 9.62. The molecule has 0 spiro atoms. The molecule has 8 heteroatoms. The number of guanidine groups is 1. The number of rotatable bonds is 2. The zero-order valence-corrected chi connectivity index (χ0v) is 13.4. The van der Waals surface area contributed by atoms with Gasteiger partial charge in [-0.15, -0.1) is 0 Å². The van der Waals surface area contributed by atoms with E-state index in [4.69, 9.17) is 16.2 Å². The van der Waals surface area contributed by atoms with Gasteiger partial charge in [0, 0.05) is 11.1 Å². The molecule has 0 atom stereocenters. The first-order valence-electron chi connectivity index (χ1n) is 7.55. The number of ether oxygens (including phenoxy) is 1. The zero-order chi connectivity index (χ0) is 18.9. The first-order chi connectivity index (χ1) is 12.3. The van der Waals surface area contributed by atoms with Gasteiger partial charge in [-0.05, 0) is 41.5 Å². The van der Waals surface area contributed by atoms with Crippen LogP contribution in [0.1, 0.15) is 27.0 Å². The van der Waals surface area contributed by atoms with Crippen molar-refractivity contribution in [3.05, 3.63) is 70.8 Å². The summed E-state index contributed by atoms with van der Waals surface area (Å²) >= 11 is 0. The van der Waals surface area contributed by atoms with Crippen LogP contribution in [0, 0.1) is 0 Å². The molecule has 134 valence electrons. The summed E-state index contributed by atoms with van der Waals surface area (Å²) in [6.07, 6.45) is -2.97. The molecule has 0 saturated heterocycles. The molecular formula is C18H14F3N3O2. The summed E-state index contributed by atoms with van der Waals surface area (Å²) in [5.74, 6) is -0.718. The Morgan fingerprint density at radius 1 is 1.08 bits per heavy atom. The first-order valence-corrected chi connectivity index (χ1v) is 7.55. The monoisotopic (exact) mass is 361 g/mol. The van der Waals surface area contributed by atoms with Gasteiger partial charge in [0.2, 0.25) is 0 Å². The number of aliphatic imine (C=N–C) groups is 1. The number of fused-ring (bicyclic) bond motifs is 1. The van der Waals surface area contributed by atoms with Crippen molar-refractivity contribution in [1.82, 2.24) is 0 Å². The molecule has 1 aliphatic rings. The largest absolute Gasteiger partial charge is 0.489 e. The second-order valence-corrected chi connectivity index (χ2v) is 5.52. The van der Waals surface area contributed by atoms with E-state index in [-0.39, 0.29) is 17.7 Å². The van der Waals surface area contributed by atoms with E-state index in [2.05, 4.69) is 4.99 Å². The Morgan fingerprint density at radius 3 is 2.50 bits per heavy atom. The molecule has 2 aromatic rings. The van der Waals surface area contributed by atoms with Gasteiger partial charge in [-0.2, -0.15) is 18.2 Å². The molecular weight excluding hydrogens is 347 g/mol. The Hall–Kier alpha value is -3.29. The molecule has 2 aromatic carbocycles. The van der Waals surface area contributed by atoms with Crippen molar-refractivity contribution in [2.45, 2.75) is 6.18 Å². The SMILES string of the molecule is NC(N)=NC(=O)c1ccc2c(c1)C(c1ccccc1C(F)(F)F)=CCO2. The maximum absolute atomic E-state index is 13.4. The maximum Gasteiger partial charge on any atom is 0.417 e. The summed E-state index contributed by atoms with van der Waals surface area (Å²) in [4.78, 5) is 15.5. The fourth-order valence-corrected chi connectivity index (χ4v) is 2.73. The highest BCUT2D eigenvalue weighted by Crippen LogP contribution is 2.41. The summed E-state index contributed by atoms with van der Waals surface area (Å²) in [5.41, 5.74) is 10.5. The standard InChI is InChI=1S/C18H14F3N3O2/c19-18(20,21)14-4-2-1-3-12(14)11-7-8-26-15-6-5-10(9-13(11)15)16(25)24-17(22)23/h1-7,9H,8H2,(H4,22,23,24,25). The van der Waals surface area contributed by atoms with Crippen LogP contribution in [-0.2, 0) is 6.18 Å². The van der Waals surface area contributed by atoms with Crippen molar-refractivity contribution >= 4 is 17.4 Å². The van der Waals surface area contributed by atoms with Gasteiger partial charge in [0.1, 0.15) is 12.4 Å². The van der Waals surface area contributed by atoms with Gasteiger partial charge in [-0.25, -0.2) is 0 Å². The Kier molecular flexibility index (Phi) is 4.41. The van der Waals surface area contributed by atoms with Crippen LogP contribution in [0.25, 0.3) is 5.57 Å². The van der Waals surface area contributed by atoms with E-state index in [0.717, 1.165) is 6.07 Å². The highest BCUT2D eigenvalue weighted by atomic mass is 19.4. The minimum Gasteiger partial charge on any atom is -0.489 e. The molecule has 3 rings (SSSR count). The van der Waals surface area contributed by atoms with Crippen molar-refractivity contribution in [3.8, 4) is 5.75 Å². The fraction of sp³-hybridized carbons (Fsp3) is 0.111. The van der Waals surface area contributed by atoms with E-state index >= 15 is 0 Å². The van der Waals surface area contributed by atoms with E-state index in [1.807, 2.05) is 0 Å². The second-order valence-electron chi connectivity index (χ2n) is 5.52. The third-order valence-electron chi connectivity index (χ3n) is 3.80. The number of hydrogen-bond acceptors (Lipinski definition) is 2. The number of alkyl halides is 3. The zero-order valence-electron chi connectivity index (χ0n) is 13.4.